The molecule has 1 aliphatic heterocycles. The van der Waals surface area contributed by atoms with Crippen LogP contribution in [-0.2, 0) is 14.3 Å². The molecule has 6 nitrogen and oxygen atoms in total. The predicted octanol–water partition coefficient (Wildman–Crippen LogP) is 2.98. The maximum Gasteiger partial charge on any atom is 0.302 e. The lowest BCUT2D eigenvalue weighted by molar-refractivity contribution is -0.161. The number of carbonyl (C=O) groups is 1. The van der Waals surface area contributed by atoms with Crippen molar-refractivity contribution in [2.24, 2.45) is 0 Å². The molecule has 0 spiro atoms. The van der Waals surface area contributed by atoms with Gasteiger partial charge in [-0.25, -0.2) is 0 Å². The molecule has 8 heteroatoms. The number of benzene rings is 1. The van der Waals surface area contributed by atoms with Crippen LogP contribution in [0, 0.1) is 0 Å². The Balaban J connectivity index is 1.75. The van der Waals surface area contributed by atoms with E-state index in [1.54, 1.807) is 12.1 Å². The molecule has 0 radical (unpaired) electrons. The average Bonchev–Trinajstić information content (AvgIpc) is 2.82. The average molecular weight is 330 g/mol. The number of esters is 1. The molecule has 1 aliphatic rings. The Kier molecular flexibility index (Phi) is 4.01. The van der Waals surface area contributed by atoms with Crippen LogP contribution in [0.5, 0.6) is 0 Å². The van der Waals surface area contributed by atoms with Gasteiger partial charge in [0.05, 0.1) is 16.7 Å². The minimum Gasteiger partial charge on any atom is -0.460 e. The summed E-state index contributed by atoms with van der Waals surface area (Å²) in [5.41, 5.74) is 1.32. The molecular weight excluding hydrogens is 317 g/mol. The van der Waals surface area contributed by atoms with Crippen molar-refractivity contribution in [2.75, 3.05) is 6.61 Å². The smallest absolute Gasteiger partial charge is 0.302 e. The first-order chi connectivity index (χ1) is 10.0. The Morgan fingerprint density at radius 2 is 1.90 bits per heavy atom. The van der Waals surface area contributed by atoms with E-state index < -0.39 is 0 Å². The van der Waals surface area contributed by atoms with Crippen molar-refractivity contribution >= 4 is 40.2 Å². The summed E-state index contributed by atoms with van der Waals surface area (Å²) in [4.78, 5) is 12.4. The summed E-state index contributed by atoms with van der Waals surface area (Å²) >= 11 is 11.9. The summed E-state index contributed by atoms with van der Waals surface area (Å²) in [6.45, 7) is 1.73. The summed E-state index contributed by atoms with van der Waals surface area (Å²) in [5.74, 6) is -0.297. The molecule has 0 amide bonds. The largest absolute Gasteiger partial charge is 0.460 e. The molecule has 2 heterocycles. The standard InChI is InChI=1S/C13H13Cl2N3O3/c1-7(19)21-8-2-3-13(20-6-8)18-16-11-4-9(14)10(15)5-12(11)17-18/h4-5,8,13H,2-3,6H2,1H3/t8-,13+/m1/s1. The van der Waals surface area contributed by atoms with Gasteiger partial charge in [0, 0.05) is 6.92 Å². The summed E-state index contributed by atoms with van der Waals surface area (Å²) in [5, 5.41) is 9.59. The molecule has 21 heavy (non-hydrogen) atoms. The molecule has 2 aromatic rings. The molecule has 112 valence electrons. The topological polar surface area (TPSA) is 66.2 Å². The predicted molar refractivity (Wildman–Crippen MR) is 77.3 cm³/mol. The van der Waals surface area contributed by atoms with E-state index in [1.807, 2.05) is 0 Å². The van der Waals surface area contributed by atoms with Crippen LogP contribution in [0.2, 0.25) is 10.0 Å². The summed E-state index contributed by atoms with van der Waals surface area (Å²) in [6, 6.07) is 3.35. The number of carbonyl (C=O) groups excluding carboxylic acids is 1. The van der Waals surface area contributed by atoms with Crippen LogP contribution in [0.3, 0.4) is 0 Å². The normalized spacial score (nSPS) is 22.4. The van der Waals surface area contributed by atoms with Crippen molar-refractivity contribution < 1.29 is 14.3 Å². The van der Waals surface area contributed by atoms with Gasteiger partial charge in [-0.15, -0.1) is 0 Å². The summed E-state index contributed by atoms with van der Waals surface area (Å²) < 4.78 is 10.8. The van der Waals surface area contributed by atoms with Gasteiger partial charge in [0.2, 0.25) is 0 Å². The summed E-state index contributed by atoms with van der Waals surface area (Å²) in [6.07, 6.45) is 0.902. The molecule has 0 bridgehead atoms. The number of nitrogens with zero attached hydrogens (tertiary/aromatic N) is 3. The minimum atomic E-state index is -0.297. The van der Waals surface area contributed by atoms with Crippen molar-refractivity contribution in [3.8, 4) is 0 Å². The molecular formula is C13H13Cl2N3O3. The molecule has 3 rings (SSSR count). The van der Waals surface area contributed by atoms with E-state index in [9.17, 15) is 4.79 Å². The van der Waals surface area contributed by atoms with Crippen molar-refractivity contribution in [2.45, 2.75) is 32.1 Å². The second kappa shape index (κ2) is 5.79. The third kappa shape index (κ3) is 3.12. The van der Waals surface area contributed by atoms with Gasteiger partial charge in [-0.05, 0) is 25.0 Å². The van der Waals surface area contributed by atoms with Crippen molar-refractivity contribution in [3.63, 3.8) is 0 Å². The van der Waals surface area contributed by atoms with Crippen LogP contribution in [0.4, 0.5) is 0 Å². The fourth-order valence-electron chi connectivity index (χ4n) is 2.28. The fraction of sp³-hybridized carbons (Fsp3) is 0.462. The number of halogens is 2. The molecule has 0 unspecified atom stereocenters. The lowest BCUT2D eigenvalue weighted by Gasteiger charge is -2.27. The SMILES string of the molecule is CC(=O)O[C@@H]1CC[C@@H](n2nc3cc(Cl)c(Cl)cc3n2)OC1. The van der Waals surface area contributed by atoms with Crippen LogP contribution < -0.4 is 0 Å². The van der Waals surface area contributed by atoms with Gasteiger partial charge in [0.25, 0.3) is 0 Å². The lowest BCUT2D eigenvalue weighted by atomic mass is 10.1. The first kappa shape index (κ1) is 14.6. The fourth-order valence-corrected chi connectivity index (χ4v) is 2.60. The quantitative estimate of drug-likeness (QED) is 0.792. The second-order valence-corrected chi connectivity index (χ2v) is 5.69. The zero-order valence-electron chi connectivity index (χ0n) is 11.3. The van der Waals surface area contributed by atoms with Gasteiger partial charge in [0.15, 0.2) is 6.23 Å². The van der Waals surface area contributed by atoms with E-state index >= 15 is 0 Å². The van der Waals surface area contributed by atoms with Crippen molar-refractivity contribution in [3.05, 3.63) is 22.2 Å². The highest BCUT2D eigenvalue weighted by atomic mass is 35.5. The molecule has 0 aliphatic carbocycles. The molecule has 0 saturated carbocycles. The van der Waals surface area contributed by atoms with Gasteiger partial charge in [-0.1, -0.05) is 23.2 Å². The zero-order chi connectivity index (χ0) is 15.0. The van der Waals surface area contributed by atoms with Crippen LogP contribution in [0.1, 0.15) is 26.0 Å². The summed E-state index contributed by atoms with van der Waals surface area (Å²) in [7, 11) is 0. The Labute approximate surface area is 130 Å². The van der Waals surface area contributed by atoms with Gasteiger partial charge in [-0.2, -0.15) is 15.0 Å². The highest BCUT2D eigenvalue weighted by molar-refractivity contribution is 6.42. The molecule has 1 fully saturated rings. The van der Waals surface area contributed by atoms with E-state index in [4.69, 9.17) is 32.7 Å². The number of fused-ring (bicyclic) bond motifs is 1. The number of aromatic nitrogens is 3. The van der Waals surface area contributed by atoms with E-state index in [0.717, 1.165) is 0 Å². The van der Waals surface area contributed by atoms with Crippen LogP contribution in [-0.4, -0.2) is 33.7 Å². The van der Waals surface area contributed by atoms with E-state index in [1.165, 1.54) is 11.7 Å². The van der Waals surface area contributed by atoms with Gasteiger partial charge < -0.3 is 9.47 Å². The number of hydrogen-bond donors (Lipinski definition) is 0. The van der Waals surface area contributed by atoms with E-state index in [-0.39, 0.29) is 18.3 Å². The van der Waals surface area contributed by atoms with Crippen molar-refractivity contribution in [1.29, 1.82) is 0 Å². The molecule has 1 aromatic heterocycles. The second-order valence-electron chi connectivity index (χ2n) is 4.87. The molecule has 1 aromatic carbocycles. The van der Waals surface area contributed by atoms with Crippen LogP contribution in [0.15, 0.2) is 12.1 Å². The zero-order valence-corrected chi connectivity index (χ0v) is 12.8. The van der Waals surface area contributed by atoms with Gasteiger partial charge in [-0.3, -0.25) is 4.79 Å². The van der Waals surface area contributed by atoms with Gasteiger partial charge in [0.1, 0.15) is 17.1 Å². The molecule has 0 N–H and O–H groups in total. The first-order valence-corrected chi connectivity index (χ1v) is 7.29. The Morgan fingerprint density at radius 3 is 2.38 bits per heavy atom. The van der Waals surface area contributed by atoms with Crippen LogP contribution >= 0.6 is 23.2 Å². The van der Waals surface area contributed by atoms with E-state index in [2.05, 4.69) is 10.2 Å². The number of ether oxygens (including phenoxy) is 2. The Bertz CT molecular complexity index is 642. The van der Waals surface area contributed by atoms with E-state index in [0.29, 0.717) is 40.5 Å². The monoisotopic (exact) mass is 329 g/mol. The molecule has 2 atom stereocenters. The highest BCUT2D eigenvalue weighted by Crippen LogP contribution is 2.28. The maximum atomic E-state index is 10.9. The first-order valence-electron chi connectivity index (χ1n) is 6.53. The lowest BCUT2D eigenvalue weighted by Crippen LogP contribution is -2.31. The maximum absolute atomic E-state index is 10.9. The minimum absolute atomic E-state index is 0.201. The number of rotatable bonds is 2. The third-order valence-corrected chi connectivity index (χ3v) is 3.96. The van der Waals surface area contributed by atoms with Crippen molar-refractivity contribution in [1.82, 2.24) is 15.0 Å². The Morgan fingerprint density at radius 1 is 1.29 bits per heavy atom. The van der Waals surface area contributed by atoms with Crippen LogP contribution in [0.25, 0.3) is 11.0 Å². The number of hydrogen-bond acceptors (Lipinski definition) is 5. The van der Waals surface area contributed by atoms with Gasteiger partial charge >= 0.3 is 5.97 Å². The Hall–Kier alpha value is -1.37. The third-order valence-electron chi connectivity index (χ3n) is 3.24. The highest BCUT2D eigenvalue weighted by Gasteiger charge is 2.26. The molecule has 1 saturated heterocycles.